The lowest BCUT2D eigenvalue weighted by Gasteiger charge is -2.15. The van der Waals surface area contributed by atoms with Crippen molar-refractivity contribution >= 4 is 39.5 Å². The molecule has 7 heteroatoms. The number of ether oxygens (including phenoxy) is 2. The van der Waals surface area contributed by atoms with Gasteiger partial charge in [-0.15, -0.1) is 11.3 Å². The van der Waals surface area contributed by atoms with Crippen LogP contribution in [0, 0.1) is 0 Å². The predicted molar refractivity (Wildman–Crippen MR) is 126 cm³/mol. The summed E-state index contributed by atoms with van der Waals surface area (Å²) in [4.78, 5) is 25.5. The molecular formula is C24H27N3O3S. The van der Waals surface area contributed by atoms with E-state index in [4.69, 9.17) is 19.5 Å². The van der Waals surface area contributed by atoms with Gasteiger partial charge in [0.25, 0.3) is 0 Å². The summed E-state index contributed by atoms with van der Waals surface area (Å²) < 4.78 is 10.4. The molecule has 2 heterocycles. The number of carbonyl (C=O) groups excluding carboxylic acids is 1. The fourth-order valence-electron chi connectivity index (χ4n) is 4.05. The van der Waals surface area contributed by atoms with Crippen molar-refractivity contribution in [2.45, 2.75) is 32.1 Å². The van der Waals surface area contributed by atoms with E-state index in [-0.39, 0.29) is 5.97 Å². The number of aromatic nitrogens is 1. The lowest BCUT2D eigenvalue weighted by Crippen LogP contribution is -2.07. The van der Waals surface area contributed by atoms with Crippen LogP contribution < -0.4 is 4.74 Å². The third-order valence-corrected chi connectivity index (χ3v) is 6.56. The van der Waals surface area contributed by atoms with Crippen molar-refractivity contribution in [3.8, 4) is 16.9 Å². The Hall–Kier alpha value is -2.93. The Kier molecular flexibility index (Phi) is 6.23. The third-order valence-electron chi connectivity index (χ3n) is 5.51. The van der Waals surface area contributed by atoms with Crippen molar-refractivity contribution in [1.82, 2.24) is 9.88 Å². The molecule has 0 radical (unpaired) electrons. The van der Waals surface area contributed by atoms with E-state index in [1.54, 1.807) is 13.4 Å². The number of rotatable bonds is 5. The monoisotopic (exact) mass is 437 g/mol. The summed E-state index contributed by atoms with van der Waals surface area (Å²) in [5.74, 6) is 0.427. The number of pyridine rings is 1. The molecule has 1 aromatic carbocycles. The number of methoxy groups -OCH3 is 2. The van der Waals surface area contributed by atoms with E-state index in [1.165, 1.54) is 30.4 Å². The molecule has 2 aromatic heterocycles. The average Bonchev–Trinajstić information content (AvgIpc) is 2.97. The fraction of sp³-hybridized carbons (Fsp3) is 0.375. The largest absolute Gasteiger partial charge is 0.497 e. The molecule has 0 saturated carbocycles. The van der Waals surface area contributed by atoms with Crippen LogP contribution in [0.15, 0.2) is 29.3 Å². The van der Waals surface area contributed by atoms with E-state index >= 15 is 0 Å². The molecule has 162 valence electrons. The minimum absolute atomic E-state index is 0.384. The van der Waals surface area contributed by atoms with Gasteiger partial charge in [0.15, 0.2) is 0 Å². The van der Waals surface area contributed by atoms with Crippen molar-refractivity contribution in [2.75, 3.05) is 28.3 Å². The second kappa shape index (κ2) is 9.06. The fourth-order valence-corrected chi connectivity index (χ4v) is 5.12. The number of esters is 1. The van der Waals surface area contributed by atoms with Crippen LogP contribution >= 0.6 is 11.3 Å². The van der Waals surface area contributed by atoms with Gasteiger partial charge in [0, 0.05) is 25.2 Å². The highest BCUT2D eigenvalue weighted by Crippen LogP contribution is 2.46. The number of fused-ring (bicyclic) bond motifs is 2. The Morgan fingerprint density at radius 2 is 1.87 bits per heavy atom. The molecule has 0 unspecified atom stereocenters. The number of hydrogen-bond acceptors (Lipinski definition) is 6. The zero-order valence-corrected chi connectivity index (χ0v) is 19.2. The maximum atomic E-state index is 12.6. The van der Waals surface area contributed by atoms with Gasteiger partial charge in [-0.25, -0.2) is 14.8 Å². The highest BCUT2D eigenvalue weighted by molar-refractivity contribution is 7.21. The van der Waals surface area contributed by atoms with Crippen LogP contribution in [0.2, 0.25) is 0 Å². The minimum Gasteiger partial charge on any atom is -0.497 e. The van der Waals surface area contributed by atoms with E-state index in [9.17, 15) is 4.79 Å². The lowest BCUT2D eigenvalue weighted by molar-refractivity contribution is 0.0607. The molecule has 6 nitrogen and oxygen atoms in total. The first-order valence-corrected chi connectivity index (χ1v) is 11.3. The van der Waals surface area contributed by atoms with Gasteiger partial charge in [-0.3, -0.25) is 0 Å². The number of aryl methyl sites for hydroxylation is 1. The zero-order valence-electron chi connectivity index (χ0n) is 18.4. The lowest BCUT2D eigenvalue weighted by atomic mass is 9.92. The molecule has 0 amide bonds. The molecular weight excluding hydrogens is 410 g/mol. The smallest absolute Gasteiger partial charge is 0.350 e. The Labute approximate surface area is 186 Å². The normalized spacial score (nSPS) is 13.8. The molecule has 0 N–H and O–H groups in total. The van der Waals surface area contributed by atoms with Gasteiger partial charge in [0.2, 0.25) is 0 Å². The molecule has 4 rings (SSSR count). The van der Waals surface area contributed by atoms with Gasteiger partial charge in [-0.2, -0.15) is 0 Å². The topological polar surface area (TPSA) is 64.0 Å². The summed E-state index contributed by atoms with van der Waals surface area (Å²) in [6, 6.07) is 8.10. The third kappa shape index (κ3) is 4.14. The number of carbonyl (C=O) groups is 1. The first-order valence-electron chi connectivity index (χ1n) is 10.4. The van der Waals surface area contributed by atoms with Crippen molar-refractivity contribution in [3.63, 3.8) is 0 Å². The highest BCUT2D eigenvalue weighted by atomic mass is 32.1. The van der Waals surface area contributed by atoms with E-state index in [0.29, 0.717) is 10.6 Å². The highest BCUT2D eigenvalue weighted by Gasteiger charge is 2.26. The van der Waals surface area contributed by atoms with E-state index in [2.05, 4.69) is 12.1 Å². The minimum atomic E-state index is -0.384. The summed E-state index contributed by atoms with van der Waals surface area (Å²) in [6.45, 7) is 0. The van der Waals surface area contributed by atoms with Crippen LogP contribution in [0.5, 0.6) is 5.75 Å². The van der Waals surface area contributed by atoms with Crippen molar-refractivity contribution in [3.05, 3.63) is 40.4 Å². The Bertz CT molecular complexity index is 1130. The van der Waals surface area contributed by atoms with Crippen LogP contribution in [0.1, 0.15) is 40.2 Å². The van der Waals surface area contributed by atoms with Crippen molar-refractivity contribution < 1.29 is 14.3 Å². The van der Waals surface area contributed by atoms with Crippen molar-refractivity contribution in [2.24, 2.45) is 4.99 Å². The molecule has 31 heavy (non-hydrogen) atoms. The van der Waals surface area contributed by atoms with Gasteiger partial charge in [0.1, 0.15) is 21.1 Å². The Balaban J connectivity index is 2.08. The zero-order chi connectivity index (χ0) is 22.0. The van der Waals surface area contributed by atoms with Crippen LogP contribution in [0.3, 0.4) is 0 Å². The number of aliphatic imine (C=N–C) groups is 1. The molecule has 0 aliphatic heterocycles. The second-order valence-corrected chi connectivity index (χ2v) is 8.86. The molecule has 1 aliphatic rings. The van der Waals surface area contributed by atoms with E-state index in [0.717, 1.165) is 58.5 Å². The van der Waals surface area contributed by atoms with E-state index in [1.807, 2.05) is 31.1 Å². The molecule has 0 saturated heterocycles. The summed E-state index contributed by atoms with van der Waals surface area (Å²) in [5.41, 5.74) is 5.25. The SMILES string of the molecule is COC(=O)c1sc2nc3c(c(-c4ccc(OC)cc4)c2c1N=CN(C)C)CCCCC3. The van der Waals surface area contributed by atoms with Crippen LogP contribution in [0.4, 0.5) is 5.69 Å². The molecule has 1 aliphatic carbocycles. The second-order valence-electron chi connectivity index (χ2n) is 7.86. The summed E-state index contributed by atoms with van der Waals surface area (Å²) in [7, 11) is 6.88. The first-order chi connectivity index (χ1) is 15.0. The number of hydrogen-bond donors (Lipinski definition) is 0. The number of thiophene rings is 1. The maximum absolute atomic E-state index is 12.6. The van der Waals surface area contributed by atoms with Gasteiger partial charge in [0.05, 0.1) is 20.6 Å². The average molecular weight is 438 g/mol. The van der Waals surface area contributed by atoms with Crippen LogP contribution in [-0.4, -0.2) is 50.5 Å². The van der Waals surface area contributed by atoms with Crippen LogP contribution in [-0.2, 0) is 17.6 Å². The first kappa shape index (κ1) is 21.3. The van der Waals surface area contributed by atoms with E-state index < -0.39 is 0 Å². The Morgan fingerprint density at radius 3 is 2.55 bits per heavy atom. The molecule has 0 atom stereocenters. The van der Waals surface area contributed by atoms with Gasteiger partial charge < -0.3 is 14.4 Å². The van der Waals surface area contributed by atoms with Crippen LogP contribution in [0.25, 0.3) is 21.3 Å². The summed E-state index contributed by atoms with van der Waals surface area (Å²) in [5, 5.41) is 0.925. The predicted octanol–water partition coefficient (Wildman–Crippen LogP) is 5.25. The van der Waals surface area contributed by atoms with Crippen molar-refractivity contribution in [1.29, 1.82) is 0 Å². The maximum Gasteiger partial charge on any atom is 0.350 e. The van der Waals surface area contributed by atoms with Gasteiger partial charge in [-0.05, 0) is 54.5 Å². The standard InChI is InChI=1S/C24H27N3O3S/c1-27(2)14-25-21-20-19(15-10-12-16(29-3)13-11-15)17-8-6-5-7-9-18(17)26-23(20)31-22(21)24(28)30-4/h10-14H,5-9H2,1-4H3. The summed E-state index contributed by atoms with van der Waals surface area (Å²) >= 11 is 1.36. The molecule has 0 bridgehead atoms. The Morgan fingerprint density at radius 1 is 1.13 bits per heavy atom. The number of nitrogens with zero attached hydrogens (tertiary/aromatic N) is 3. The number of benzene rings is 1. The van der Waals surface area contributed by atoms with Gasteiger partial charge >= 0.3 is 5.97 Å². The molecule has 0 spiro atoms. The molecule has 3 aromatic rings. The molecule has 0 fully saturated rings. The quantitative estimate of drug-likeness (QED) is 0.236. The van der Waals surface area contributed by atoms with Gasteiger partial charge in [-0.1, -0.05) is 18.6 Å². The summed E-state index contributed by atoms with van der Waals surface area (Å²) in [6.07, 6.45) is 7.11.